The predicted octanol–water partition coefficient (Wildman–Crippen LogP) is 1.80. The Hall–Kier alpha value is -1.95. The highest BCUT2D eigenvalue weighted by Gasteiger charge is 2.26. The van der Waals surface area contributed by atoms with Crippen LogP contribution in [0.1, 0.15) is 19.4 Å². The van der Waals surface area contributed by atoms with Gasteiger partial charge >= 0.3 is 5.97 Å². The lowest BCUT2D eigenvalue weighted by Gasteiger charge is -2.19. The third-order valence-corrected chi connectivity index (χ3v) is 2.65. The van der Waals surface area contributed by atoms with Crippen molar-refractivity contribution in [1.29, 1.82) is 0 Å². The molecule has 0 unspecified atom stereocenters. The zero-order chi connectivity index (χ0) is 13.8. The Bertz CT molecular complexity index is 457. The van der Waals surface area contributed by atoms with Crippen molar-refractivity contribution in [2.24, 2.45) is 5.41 Å². The number of nitro benzene ring substituents is 1. The largest absolute Gasteiger partial charge is 0.481 e. The number of aliphatic carboxylic acids is 1. The van der Waals surface area contributed by atoms with Gasteiger partial charge in [0.1, 0.15) is 0 Å². The molecule has 0 saturated carbocycles. The summed E-state index contributed by atoms with van der Waals surface area (Å²) in [6.07, 6.45) is 0. The molecule has 0 atom stereocenters. The van der Waals surface area contributed by atoms with Gasteiger partial charge in [0.2, 0.25) is 0 Å². The second kappa shape index (κ2) is 5.59. The molecule has 0 spiro atoms. The SMILES string of the molecule is CC(C)(CNCc1ccccc1[N+](=O)[O-])C(=O)O. The van der Waals surface area contributed by atoms with Crippen LogP contribution in [0, 0.1) is 15.5 Å². The molecule has 1 rings (SSSR count). The highest BCUT2D eigenvalue weighted by Crippen LogP contribution is 2.18. The first-order valence-corrected chi connectivity index (χ1v) is 5.51. The molecule has 1 aromatic rings. The molecule has 0 aromatic heterocycles. The molecule has 2 N–H and O–H groups in total. The molecule has 0 amide bonds. The summed E-state index contributed by atoms with van der Waals surface area (Å²) in [6, 6.07) is 6.40. The van der Waals surface area contributed by atoms with Gasteiger partial charge in [-0.3, -0.25) is 14.9 Å². The van der Waals surface area contributed by atoms with Crippen LogP contribution in [-0.4, -0.2) is 22.5 Å². The number of hydrogen-bond acceptors (Lipinski definition) is 4. The van der Waals surface area contributed by atoms with E-state index in [0.29, 0.717) is 5.56 Å². The van der Waals surface area contributed by atoms with Crippen molar-refractivity contribution >= 4 is 11.7 Å². The maximum Gasteiger partial charge on any atom is 0.310 e. The minimum absolute atomic E-state index is 0.0399. The van der Waals surface area contributed by atoms with Crippen molar-refractivity contribution in [2.45, 2.75) is 20.4 Å². The van der Waals surface area contributed by atoms with Crippen molar-refractivity contribution in [3.8, 4) is 0 Å². The van der Waals surface area contributed by atoms with Crippen LogP contribution >= 0.6 is 0 Å². The number of para-hydroxylation sites is 1. The number of benzene rings is 1. The summed E-state index contributed by atoms with van der Waals surface area (Å²) in [6.45, 7) is 3.71. The van der Waals surface area contributed by atoms with Crippen molar-refractivity contribution in [1.82, 2.24) is 5.32 Å². The molecule has 0 aliphatic carbocycles. The fourth-order valence-corrected chi connectivity index (χ4v) is 1.42. The lowest BCUT2D eigenvalue weighted by atomic mass is 9.94. The first kappa shape index (κ1) is 14.1. The smallest absolute Gasteiger partial charge is 0.310 e. The molecule has 0 saturated heterocycles. The van der Waals surface area contributed by atoms with E-state index in [9.17, 15) is 14.9 Å². The summed E-state index contributed by atoms with van der Waals surface area (Å²) < 4.78 is 0. The van der Waals surface area contributed by atoms with Gasteiger partial charge in [0.25, 0.3) is 5.69 Å². The molecule has 0 bridgehead atoms. The van der Waals surface area contributed by atoms with Gasteiger partial charge in [0.15, 0.2) is 0 Å². The lowest BCUT2D eigenvalue weighted by Crippen LogP contribution is -2.35. The van der Waals surface area contributed by atoms with E-state index >= 15 is 0 Å². The minimum Gasteiger partial charge on any atom is -0.481 e. The van der Waals surface area contributed by atoms with E-state index in [4.69, 9.17) is 5.11 Å². The van der Waals surface area contributed by atoms with Gasteiger partial charge in [-0.05, 0) is 13.8 Å². The Morgan fingerprint density at radius 2 is 2.06 bits per heavy atom. The van der Waals surface area contributed by atoms with E-state index < -0.39 is 16.3 Å². The van der Waals surface area contributed by atoms with Gasteiger partial charge in [0, 0.05) is 24.7 Å². The van der Waals surface area contributed by atoms with Gasteiger partial charge < -0.3 is 10.4 Å². The molecule has 0 aliphatic rings. The van der Waals surface area contributed by atoms with Crippen LogP contribution in [0.25, 0.3) is 0 Å². The summed E-state index contributed by atoms with van der Waals surface area (Å²) in [5.74, 6) is -0.905. The van der Waals surface area contributed by atoms with Crippen LogP contribution in [0.3, 0.4) is 0 Å². The van der Waals surface area contributed by atoms with Gasteiger partial charge in [-0.15, -0.1) is 0 Å². The topological polar surface area (TPSA) is 92.5 Å². The van der Waals surface area contributed by atoms with E-state index in [1.807, 2.05) is 0 Å². The van der Waals surface area contributed by atoms with Crippen LogP contribution in [0.2, 0.25) is 0 Å². The molecule has 1 aromatic carbocycles. The van der Waals surface area contributed by atoms with E-state index in [1.54, 1.807) is 32.0 Å². The Kier molecular flexibility index (Phi) is 4.38. The van der Waals surface area contributed by atoms with Crippen molar-refractivity contribution in [3.63, 3.8) is 0 Å². The fourth-order valence-electron chi connectivity index (χ4n) is 1.42. The summed E-state index contributed by atoms with van der Waals surface area (Å²) >= 11 is 0. The van der Waals surface area contributed by atoms with E-state index in [2.05, 4.69) is 5.32 Å². The first-order chi connectivity index (χ1) is 8.34. The first-order valence-electron chi connectivity index (χ1n) is 5.51. The second-order valence-electron chi connectivity index (χ2n) is 4.68. The van der Waals surface area contributed by atoms with Crippen molar-refractivity contribution in [2.75, 3.05) is 6.54 Å². The Morgan fingerprint density at radius 1 is 1.44 bits per heavy atom. The third-order valence-electron chi connectivity index (χ3n) is 2.65. The number of carbonyl (C=O) groups is 1. The molecule has 0 heterocycles. The number of hydrogen-bond donors (Lipinski definition) is 2. The second-order valence-corrected chi connectivity index (χ2v) is 4.68. The van der Waals surface area contributed by atoms with Crippen LogP contribution in [0.5, 0.6) is 0 Å². The maximum absolute atomic E-state index is 10.9. The minimum atomic E-state index is -0.905. The number of nitrogens with zero attached hydrogens (tertiary/aromatic N) is 1. The van der Waals surface area contributed by atoms with Gasteiger partial charge in [0.05, 0.1) is 10.3 Å². The normalized spacial score (nSPS) is 11.2. The average molecular weight is 252 g/mol. The van der Waals surface area contributed by atoms with E-state index in [1.165, 1.54) is 6.07 Å². The average Bonchev–Trinajstić information content (AvgIpc) is 2.29. The number of carboxylic acid groups (broad SMARTS) is 1. The van der Waals surface area contributed by atoms with Crippen molar-refractivity contribution < 1.29 is 14.8 Å². The van der Waals surface area contributed by atoms with Gasteiger partial charge in [-0.2, -0.15) is 0 Å². The Balaban J connectivity index is 2.65. The predicted molar refractivity (Wildman–Crippen MR) is 66.2 cm³/mol. The van der Waals surface area contributed by atoms with Gasteiger partial charge in [-0.25, -0.2) is 0 Å². The van der Waals surface area contributed by atoms with E-state index in [0.717, 1.165) is 0 Å². The van der Waals surface area contributed by atoms with Crippen LogP contribution in [0.15, 0.2) is 24.3 Å². The standard InChI is InChI=1S/C12H16N2O4/c1-12(2,11(15)16)8-13-7-9-5-3-4-6-10(9)14(17)18/h3-6,13H,7-8H2,1-2H3,(H,15,16). The van der Waals surface area contributed by atoms with Crippen molar-refractivity contribution in [3.05, 3.63) is 39.9 Å². The molecular formula is C12H16N2O4. The Morgan fingerprint density at radius 3 is 2.61 bits per heavy atom. The molecule has 0 aliphatic heterocycles. The quantitative estimate of drug-likeness (QED) is 0.594. The van der Waals surface area contributed by atoms with E-state index in [-0.39, 0.29) is 18.8 Å². The number of rotatable bonds is 6. The molecule has 0 fully saturated rings. The third kappa shape index (κ3) is 3.53. The molecule has 6 heteroatoms. The molecule has 0 radical (unpaired) electrons. The summed E-state index contributed by atoms with van der Waals surface area (Å²) in [5.41, 5.74) is -0.314. The molecule has 98 valence electrons. The highest BCUT2D eigenvalue weighted by molar-refractivity contribution is 5.73. The van der Waals surface area contributed by atoms with Crippen LogP contribution < -0.4 is 5.32 Å². The highest BCUT2D eigenvalue weighted by atomic mass is 16.6. The van der Waals surface area contributed by atoms with Crippen LogP contribution in [-0.2, 0) is 11.3 Å². The van der Waals surface area contributed by atoms with Crippen LogP contribution in [0.4, 0.5) is 5.69 Å². The number of nitrogens with one attached hydrogen (secondary N) is 1. The fraction of sp³-hybridized carbons (Fsp3) is 0.417. The zero-order valence-corrected chi connectivity index (χ0v) is 10.3. The summed E-state index contributed by atoms with van der Waals surface area (Å²) in [7, 11) is 0. The lowest BCUT2D eigenvalue weighted by molar-refractivity contribution is -0.385. The molecular weight excluding hydrogens is 236 g/mol. The number of carboxylic acids is 1. The van der Waals surface area contributed by atoms with Gasteiger partial charge in [-0.1, -0.05) is 18.2 Å². The monoisotopic (exact) mass is 252 g/mol. The zero-order valence-electron chi connectivity index (χ0n) is 10.3. The molecule has 6 nitrogen and oxygen atoms in total. The summed E-state index contributed by atoms with van der Waals surface area (Å²) in [4.78, 5) is 21.2. The Labute approximate surface area is 105 Å². The molecule has 18 heavy (non-hydrogen) atoms. The summed E-state index contributed by atoms with van der Waals surface area (Å²) in [5, 5.41) is 22.6. The maximum atomic E-state index is 10.9. The number of nitro groups is 1.